The Bertz CT molecular complexity index is 444. The highest BCUT2D eigenvalue weighted by Gasteiger charge is 2.29. The first kappa shape index (κ1) is 12.7. The van der Waals surface area contributed by atoms with E-state index in [1.54, 1.807) is 18.2 Å². The molecule has 1 aliphatic carbocycles. The number of rotatable bonds is 5. The van der Waals surface area contributed by atoms with Crippen LogP contribution in [0.4, 0.5) is 5.69 Å². The van der Waals surface area contributed by atoms with E-state index in [4.69, 9.17) is 10.5 Å². The Morgan fingerprint density at radius 1 is 1.61 bits per heavy atom. The van der Waals surface area contributed by atoms with Crippen molar-refractivity contribution >= 4 is 11.6 Å². The lowest BCUT2D eigenvalue weighted by Crippen LogP contribution is -2.33. The summed E-state index contributed by atoms with van der Waals surface area (Å²) in [5, 5.41) is 12.4. The SMILES string of the molecule is COc1cc(C(=O)NCC(O)C2CC2)ccc1N. The topological polar surface area (TPSA) is 84.6 Å². The maximum absolute atomic E-state index is 11.9. The molecular weight excluding hydrogens is 232 g/mol. The van der Waals surface area contributed by atoms with Crippen LogP contribution in [0.1, 0.15) is 23.2 Å². The molecule has 1 aromatic rings. The molecule has 0 bridgehead atoms. The van der Waals surface area contributed by atoms with Crippen LogP contribution >= 0.6 is 0 Å². The normalized spacial score (nSPS) is 16.1. The summed E-state index contributed by atoms with van der Waals surface area (Å²) < 4.78 is 5.06. The van der Waals surface area contributed by atoms with Gasteiger partial charge in [-0.2, -0.15) is 0 Å². The number of nitrogens with two attached hydrogens (primary N) is 1. The van der Waals surface area contributed by atoms with E-state index >= 15 is 0 Å². The highest BCUT2D eigenvalue weighted by molar-refractivity contribution is 5.95. The monoisotopic (exact) mass is 250 g/mol. The highest BCUT2D eigenvalue weighted by atomic mass is 16.5. The molecular formula is C13H18N2O3. The number of hydrogen-bond donors (Lipinski definition) is 3. The highest BCUT2D eigenvalue weighted by Crippen LogP contribution is 2.32. The molecule has 0 heterocycles. The van der Waals surface area contributed by atoms with Crippen molar-refractivity contribution in [3.8, 4) is 5.75 Å². The molecule has 5 heteroatoms. The molecule has 1 amide bonds. The maximum Gasteiger partial charge on any atom is 0.251 e. The number of ether oxygens (including phenoxy) is 1. The van der Waals surface area contributed by atoms with Crippen LogP contribution in [0.15, 0.2) is 18.2 Å². The zero-order valence-electron chi connectivity index (χ0n) is 10.3. The Balaban J connectivity index is 1.95. The van der Waals surface area contributed by atoms with Gasteiger partial charge in [0, 0.05) is 12.1 Å². The van der Waals surface area contributed by atoms with Crippen molar-refractivity contribution < 1.29 is 14.6 Å². The number of carbonyl (C=O) groups is 1. The molecule has 1 atom stereocenters. The summed E-state index contributed by atoms with van der Waals surface area (Å²) in [5.74, 6) is 0.602. The summed E-state index contributed by atoms with van der Waals surface area (Å²) in [6.45, 7) is 0.288. The lowest BCUT2D eigenvalue weighted by molar-refractivity contribution is 0.0901. The van der Waals surface area contributed by atoms with Gasteiger partial charge in [-0.25, -0.2) is 0 Å². The fraction of sp³-hybridized carbons (Fsp3) is 0.462. The third kappa shape index (κ3) is 2.92. The quantitative estimate of drug-likeness (QED) is 0.674. The smallest absolute Gasteiger partial charge is 0.251 e. The summed E-state index contributed by atoms with van der Waals surface area (Å²) in [6, 6.07) is 4.86. The van der Waals surface area contributed by atoms with Crippen LogP contribution in [0.3, 0.4) is 0 Å². The van der Waals surface area contributed by atoms with Crippen LogP contribution in [0.25, 0.3) is 0 Å². The van der Waals surface area contributed by atoms with Gasteiger partial charge in [-0.15, -0.1) is 0 Å². The second-order valence-electron chi connectivity index (χ2n) is 4.57. The number of amides is 1. The van der Waals surface area contributed by atoms with Crippen LogP contribution in [0.5, 0.6) is 5.75 Å². The van der Waals surface area contributed by atoms with E-state index in [0.29, 0.717) is 22.9 Å². The summed E-state index contributed by atoms with van der Waals surface area (Å²) in [6.07, 6.45) is 1.66. The van der Waals surface area contributed by atoms with Gasteiger partial charge < -0.3 is 20.9 Å². The molecule has 1 aromatic carbocycles. The van der Waals surface area contributed by atoms with Crippen molar-refractivity contribution in [1.29, 1.82) is 0 Å². The predicted molar refractivity (Wildman–Crippen MR) is 68.5 cm³/mol. The Kier molecular flexibility index (Phi) is 3.72. The molecule has 1 saturated carbocycles. The summed E-state index contributed by atoms with van der Waals surface area (Å²) in [5.41, 5.74) is 6.64. The molecule has 2 rings (SSSR count). The van der Waals surface area contributed by atoms with Gasteiger partial charge in [0.2, 0.25) is 0 Å². The first-order valence-electron chi connectivity index (χ1n) is 6.01. The number of anilines is 1. The number of nitrogen functional groups attached to an aromatic ring is 1. The minimum Gasteiger partial charge on any atom is -0.495 e. The zero-order chi connectivity index (χ0) is 13.1. The van der Waals surface area contributed by atoms with Gasteiger partial charge >= 0.3 is 0 Å². The van der Waals surface area contributed by atoms with E-state index in [2.05, 4.69) is 5.32 Å². The van der Waals surface area contributed by atoms with Crippen molar-refractivity contribution in [1.82, 2.24) is 5.32 Å². The molecule has 1 aliphatic rings. The van der Waals surface area contributed by atoms with Crippen molar-refractivity contribution in [3.63, 3.8) is 0 Å². The lowest BCUT2D eigenvalue weighted by Gasteiger charge is -2.11. The Morgan fingerprint density at radius 2 is 2.33 bits per heavy atom. The van der Waals surface area contributed by atoms with Gasteiger partial charge in [0.1, 0.15) is 5.75 Å². The van der Waals surface area contributed by atoms with Crippen molar-refractivity contribution in [2.75, 3.05) is 19.4 Å². The molecule has 0 aliphatic heterocycles. The van der Waals surface area contributed by atoms with Crippen LogP contribution in [-0.4, -0.2) is 30.8 Å². The minimum absolute atomic E-state index is 0.229. The van der Waals surface area contributed by atoms with E-state index in [-0.39, 0.29) is 12.5 Å². The Morgan fingerprint density at radius 3 is 2.94 bits per heavy atom. The molecule has 5 nitrogen and oxygen atoms in total. The average Bonchev–Trinajstić information content (AvgIpc) is 3.20. The summed E-state index contributed by atoms with van der Waals surface area (Å²) in [4.78, 5) is 11.9. The Hall–Kier alpha value is -1.75. The Labute approximate surface area is 106 Å². The number of carbonyl (C=O) groups excluding carboxylic acids is 1. The minimum atomic E-state index is -0.440. The molecule has 98 valence electrons. The van der Waals surface area contributed by atoms with Crippen molar-refractivity contribution in [2.45, 2.75) is 18.9 Å². The van der Waals surface area contributed by atoms with E-state index in [1.807, 2.05) is 0 Å². The zero-order valence-corrected chi connectivity index (χ0v) is 10.3. The number of aliphatic hydroxyl groups is 1. The first-order valence-corrected chi connectivity index (χ1v) is 6.01. The molecule has 0 saturated heterocycles. The fourth-order valence-electron chi connectivity index (χ4n) is 1.80. The number of nitrogens with one attached hydrogen (secondary N) is 1. The van der Waals surface area contributed by atoms with E-state index in [1.165, 1.54) is 7.11 Å². The van der Waals surface area contributed by atoms with Gasteiger partial charge in [-0.1, -0.05) is 0 Å². The maximum atomic E-state index is 11.9. The average molecular weight is 250 g/mol. The van der Waals surface area contributed by atoms with Gasteiger partial charge in [-0.3, -0.25) is 4.79 Å². The molecule has 4 N–H and O–H groups in total. The van der Waals surface area contributed by atoms with Crippen molar-refractivity contribution in [2.24, 2.45) is 5.92 Å². The third-order valence-electron chi connectivity index (χ3n) is 3.13. The summed E-state index contributed by atoms with van der Waals surface area (Å²) in [7, 11) is 1.50. The van der Waals surface area contributed by atoms with E-state index < -0.39 is 6.10 Å². The van der Waals surface area contributed by atoms with Gasteiger partial charge in [0.05, 0.1) is 18.9 Å². The number of benzene rings is 1. The van der Waals surface area contributed by atoms with Crippen LogP contribution in [0.2, 0.25) is 0 Å². The largest absolute Gasteiger partial charge is 0.495 e. The van der Waals surface area contributed by atoms with Crippen LogP contribution in [-0.2, 0) is 0 Å². The fourth-order valence-corrected chi connectivity index (χ4v) is 1.80. The first-order chi connectivity index (χ1) is 8.61. The third-order valence-corrected chi connectivity index (χ3v) is 3.13. The van der Waals surface area contributed by atoms with E-state index in [0.717, 1.165) is 12.8 Å². The van der Waals surface area contributed by atoms with Gasteiger partial charge in [0.25, 0.3) is 5.91 Å². The molecule has 18 heavy (non-hydrogen) atoms. The predicted octanol–water partition coefficient (Wildman–Crippen LogP) is 0.778. The number of methoxy groups -OCH3 is 1. The lowest BCUT2D eigenvalue weighted by atomic mass is 10.1. The van der Waals surface area contributed by atoms with Gasteiger partial charge in [0.15, 0.2) is 0 Å². The molecule has 1 unspecified atom stereocenters. The number of hydrogen-bond acceptors (Lipinski definition) is 4. The standard InChI is InChI=1S/C13H18N2O3/c1-18-12-6-9(4-5-10(12)14)13(17)15-7-11(16)8-2-3-8/h4-6,8,11,16H,2-3,7,14H2,1H3,(H,15,17). The van der Waals surface area contributed by atoms with Crippen LogP contribution < -0.4 is 15.8 Å². The van der Waals surface area contributed by atoms with Crippen LogP contribution in [0, 0.1) is 5.92 Å². The second kappa shape index (κ2) is 5.27. The molecule has 1 fully saturated rings. The summed E-state index contributed by atoms with van der Waals surface area (Å²) >= 11 is 0. The van der Waals surface area contributed by atoms with Gasteiger partial charge in [-0.05, 0) is 37.0 Å². The van der Waals surface area contributed by atoms with E-state index in [9.17, 15) is 9.90 Å². The molecule has 0 radical (unpaired) electrons. The molecule has 0 aromatic heterocycles. The second-order valence-corrected chi connectivity index (χ2v) is 4.57. The van der Waals surface area contributed by atoms with Crippen molar-refractivity contribution in [3.05, 3.63) is 23.8 Å². The molecule has 0 spiro atoms. The number of aliphatic hydroxyl groups excluding tert-OH is 1.